The van der Waals surface area contributed by atoms with Gasteiger partial charge in [0.2, 0.25) is 11.8 Å². The third kappa shape index (κ3) is 4.75. The van der Waals surface area contributed by atoms with Gasteiger partial charge in [0.25, 0.3) is 0 Å². The van der Waals surface area contributed by atoms with Crippen LogP contribution < -0.4 is 10.6 Å². The molecule has 5 atom stereocenters. The van der Waals surface area contributed by atoms with E-state index in [0.29, 0.717) is 22.4 Å². The molecule has 2 N–H and O–H groups in total. The Morgan fingerprint density at radius 2 is 1.89 bits per heavy atom. The number of hydrogen-bond acceptors (Lipinski definition) is 3. The van der Waals surface area contributed by atoms with Gasteiger partial charge < -0.3 is 10.6 Å². The zero-order chi connectivity index (χ0) is 20.3. The van der Waals surface area contributed by atoms with E-state index < -0.39 is 0 Å². The van der Waals surface area contributed by atoms with Crippen LogP contribution in [-0.2, 0) is 9.59 Å². The summed E-state index contributed by atoms with van der Waals surface area (Å²) in [6, 6.07) is 6.91. The normalized spacial score (nSPS) is 29.5. The summed E-state index contributed by atoms with van der Waals surface area (Å²) < 4.78 is 0. The highest BCUT2D eigenvalue weighted by atomic mass is 35.5. The molecule has 0 aromatic heterocycles. The first-order valence-electron chi connectivity index (χ1n) is 10.3. The average molecular weight is 405 g/mol. The van der Waals surface area contributed by atoms with E-state index in [1.807, 2.05) is 0 Å². The molecule has 1 saturated heterocycles. The Labute approximate surface area is 171 Å². The molecule has 1 heterocycles. The molecule has 28 heavy (non-hydrogen) atoms. The van der Waals surface area contributed by atoms with Crippen molar-refractivity contribution < 1.29 is 14.4 Å². The highest BCUT2D eigenvalue weighted by molar-refractivity contribution is 6.30. The van der Waals surface area contributed by atoms with Crippen molar-refractivity contribution in [1.82, 2.24) is 10.6 Å². The second kappa shape index (κ2) is 9.08. The molecule has 6 heteroatoms. The first-order valence-corrected chi connectivity index (χ1v) is 10.6. The van der Waals surface area contributed by atoms with Crippen LogP contribution in [0, 0.1) is 17.8 Å². The molecular formula is C22H29ClN2O3. The molecule has 1 aliphatic heterocycles. The third-order valence-corrected chi connectivity index (χ3v) is 6.68. The number of fused-ring (bicyclic) bond motifs is 1. The van der Waals surface area contributed by atoms with Gasteiger partial charge >= 0.3 is 0 Å². The van der Waals surface area contributed by atoms with Crippen LogP contribution >= 0.6 is 11.6 Å². The first-order chi connectivity index (χ1) is 13.4. The Bertz CT molecular complexity index is 734. The smallest absolute Gasteiger partial charge is 0.223 e. The lowest BCUT2D eigenvalue weighted by Gasteiger charge is -2.46. The van der Waals surface area contributed by atoms with Crippen LogP contribution in [-0.4, -0.2) is 29.7 Å². The minimum atomic E-state index is -0.104. The molecule has 0 spiro atoms. The van der Waals surface area contributed by atoms with Gasteiger partial charge in [-0.25, -0.2) is 0 Å². The molecule has 2 aliphatic rings. The first kappa shape index (κ1) is 20.8. The van der Waals surface area contributed by atoms with E-state index in [1.54, 1.807) is 24.3 Å². The monoisotopic (exact) mass is 404 g/mol. The molecule has 0 bridgehead atoms. The minimum Gasteiger partial charge on any atom is -0.353 e. The lowest BCUT2D eigenvalue weighted by atomic mass is 9.67. The molecule has 152 valence electrons. The Morgan fingerprint density at radius 3 is 2.57 bits per heavy atom. The van der Waals surface area contributed by atoms with Crippen molar-refractivity contribution in [2.45, 2.75) is 64.5 Å². The number of halogens is 1. The highest BCUT2D eigenvalue weighted by Gasteiger charge is 2.43. The van der Waals surface area contributed by atoms with Crippen molar-refractivity contribution in [2.24, 2.45) is 17.8 Å². The SMILES string of the molecule is CCC1C(=O)NC2CC(NC(=O)CCC(=O)c3ccc(Cl)cc3)CCC2C1C. The predicted molar refractivity (Wildman–Crippen MR) is 109 cm³/mol. The summed E-state index contributed by atoms with van der Waals surface area (Å²) in [6.45, 7) is 4.25. The maximum atomic E-state index is 12.3. The molecule has 1 aromatic rings. The quantitative estimate of drug-likeness (QED) is 0.709. The van der Waals surface area contributed by atoms with Crippen LogP contribution in [0.5, 0.6) is 0 Å². The largest absolute Gasteiger partial charge is 0.353 e. The van der Waals surface area contributed by atoms with Crippen LogP contribution in [0.15, 0.2) is 24.3 Å². The fourth-order valence-corrected chi connectivity index (χ4v) is 4.94. The number of benzene rings is 1. The predicted octanol–water partition coefficient (Wildman–Crippen LogP) is 3.75. The lowest BCUT2D eigenvalue weighted by Crippen LogP contribution is -2.58. The molecule has 1 saturated carbocycles. The minimum absolute atomic E-state index is 0.0602. The van der Waals surface area contributed by atoms with E-state index in [0.717, 1.165) is 25.7 Å². The van der Waals surface area contributed by atoms with E-state index in [-0.39, 0.29) is 48.4 Å². The van der Waals surface area contributed by atoms with Crippen molar-refractivity contribution >= 4 is 29.2 Å². The number of carbonyl (C=O) groups is 3. The van der Waals surface area contributed by atoms with E-state index in [1.165, 1.54) is 0 Å². The van der Waals surface area contributed by atoms with Crippen LogP contribution in [0.3, 0.4) is 0 Å². The van der Waals surface area contributed by atoms with E-state index >= 15 is 0 Å². The Morgan fingerprint density at radius 1 is 1.18 bits per heavy atom. The lowest BCUT2D eigenvalue weighted by molar-refractivity contribution is -0.133. The molecule has 2 amide bonds. The van der Waals surface area contributed by atoms with Gasteiger partial charge in [0.05, 0.1) is 0 Å². The number of amides is 2. The van der Waals surface area contributed by atoms with Crippen molar-refractivity contribution in [3.05, 3.63) is 34.9 Å². The fourth-order valence-electron chi connectivity index (χ4n) is 4.81. The van der Waals surface area contributed by atoms with Crippen LogP contribution in [0.25, 0.3) is 0 Å². The summed E-state index contributed by atoms with van der Waals surface area (Å²) in [4.78, 5) is 36.8. The number of Topliss-reactive ketones (excluding diaryl/α,β-unsaturated/α-hetero) is 1. The van der Waals surface area contributed by atoms with Gasteiger partial charge in [-0.3, -0.25) is 14.4 Å². The number of carbonyl (C=O) groups excluding carboxylic acids is 3. The van der Waals surface area contributed by atoms with E-state index in [4.69, 9.17) is 11.6 Å². The van der Waals surface area contributed by atoms with Gasteiger partial charge in [0, 0.05) is 41.4 Å². The van der Waals surface area contributed by atoms with Gasteiger partial charge in [-0.05, 0) is 61.8 Å². The molecule has 5 unspecified atom stereocenters. The van der Waals surface area contributed by atoms with Crippen LogP contribution in [0.2, 0.25) is 5.02 Å². The second-order valence-corrected chi connectivity index (χ2v) is 8.60. The fraction of sp³-hybridized carbons (Fsp3) is 0.591. The van der Waals surface area contributed by atoms with Crippen molar-refractivity contribution in [3.63, 3.8) is 0 Å². The number of nitrogens with one attached hydrogen (secondary N) is 2. The van der Waals surface area contributed by atoms with E-state index in [9.17, 15) is 14.4 Å². The third-order valence-electron chi connectivity index (χ3n) is 6.43. The summed E-state index contributed by atoms with van der Waals surface area (Å²) in [5.74, 6) is 0.963. The zero-order valence-corrected chi connectivity index (χ0v) is 17.3. The molecule has 3 rings (SSSR count). The van der Waals surface area contributed by atoms with Crippen molar-refractivity contribution in [3.8, 4) is 0 Å². The standard InChI is InChI=1S/C22H29ClN2O3/c1-3-17-13(2)18-9-8-16(12-19(18)25-22(17)28)24-21(27)11-10-20(26)14-4-6-15(23)7-5-14/h4-7,13,16-19H,3,8-12H2,1-2H3,(H,24,27)(H,25,28). The number of ketones is 1. The summed E-state index contributed by atoms with van der Waals surface area (Å²) in [6.07, 6.45) is 3.93. The van der Waals surface area contributed by atoms with Crippen molar-refractivity contribution in [1.29, 1.82) is 0 Å². The van der Waals surface area contributed by atoms with Crippen LogP contribution in [0.4, 0.5) is 0 Å². The van der Waals surface area contributed by atoms with Gasteiger partial charge in [-0.1, -0.05) is 25.4 Å². The zero-order valence-electron chi connectivity index (χ0n) is 16.5. The molecule has 0 radical (unpaired) electrons. The molecule has 5 nitrogen and oxygen atoms in total. The topological polar surface area (TPSA) is 75.3 Å². The van der Waals surface area contributed by atoms with Gasteiger partial charge in [-0.2, -0.15) is 0 Å². The summed E-state index contributed by atoms with van der Waals surface area (Å²) in [7, 11) is 0. The maximum absolute atomic E-state index is 12.3. The Kier molecular flexibility index (Phi) is 6.76. The highest BCUT2D eigenvalue weighted by Crippen LogP contribution is 2.38. The average Bonchev–Trinajstić information content (AvgIpc) is 2.67. The van der Waals surface area contributed by atoms with Crippen LogP contribution in [0.1, 0.15) is 62.7 Å². The number of hydrogen-bond donors (Lipinski definition) is 2. The van der Waals surface area contributed by atoms with Gasteiger partial charge in [0.15, 0.2) is 5.78 Å². The molecular weight excluding hydrogens is 376 g/mol. The molecule has 1 aromatic carbocycles. The second-order valence-electron chi connectivity index (χ2n) is 8.16. The number of piperidine rings is 1. The maximum Gasteiger partial charge on any atom is 0.223 e. The summed E-state index contributed by atoms with van der Waals surface area (Å²) in [5, 5.41) is 6.82. The molecule has 1 aliphatic carbocycles. The Balaban J connectivity index is 1.47. The Hall–Kier alpha value is -1.88. The van der Waals surface area contributed by atoms with Crippen molar-refractivity contribution in [2.75, 3.05) is 0 Å². The number of rotatable bonds is 6. The molecule has 2 fully saturated rings. The summed E-state index contributed by atoms with van der Waals surface area (Å²) >= 11 is 5.83. The summed E-state index contributed by atoms with van der Waals surface area (Å²) in [5.41, 5.74) is 0.571. The van der Waals surface area contributed by atoms with E-state index in [2.05, 4.69) is 24.5 Å². The van der Waals surface area contributed by atoms with Gasteiger partial charge in [0.1, 0.15) is 0 Å². The van der Waals surface area contributed by atoms with Gasteiger partial charge in [-0.15, -0.1) is 0 Å².